The van der Waals surface area contributed by atoms with Gasteiger partial charge in [0, 0.05) is 23.4 Å². The van der Waals surface area contributed by atoms with Crippen LogP contribution in [0.1, 0.15) is 50.5 Å². The third-order valence-electron chi connectivity index (χ3n) is 5.78. The molecule has 4 rings (SSSR count). The predicted molar refractivity (Wildman–Crippen MR) is 117 cm³/mol. The normalized spacial score (nSPS) is 15.2. The van der Waals surface area contributed by atoms with E-state index in [2.05, 4.69) is 4.98 Å². The van der Waals surface area contributed by atoms with E-state index in [1.54, 1.807) is 36.4 Å². The Labute approximate surface area is 180 Å². The molecule has 31 heavy (non-hydrogen) atoms. The molecule has 0 amide bonds. The number of rotatable bonds is 5. The lowest BCUT2D eigenvalue weighted by molar-refractivity contribution is -0.145. The Hall–Kier alpha value is -2.97. The van der Waals surface area contributed by atoms with Gasteiger partial charge in [-0.2, -0.15) is 0 Å². The number of H-pyrrole nitrogens is 1. The fraction of sp³-hybridized carbons (Fsp3) is 0.304. The van der Waals surface area contributed by atoms with Crippen molar-refractivity contribution in [2.45, 2.75) is 49.8 Å². The number of fused-ring (bicyclic) bond motifs is 1. The Morgan fingerprint density at radius 2 is 1.74 bits per heavy atom. The first kappa shape index (κ1) is 21.3. The zero-order chi connectivity index (χ0) is 22.2. The number of nitrogens with two attached hydrogens (primary N) is 1. The van der Waals surface area contributed by atoms with Gasteiger partial charge in [-0.1, -0.05) is 49.6 Å². The van der Waals surface area contributed by atoms with Gasteiger partial charge in [-0.15, -0.1) is 0 Å². The molecule has 3 aromatic rings. The van der Waals surface area contributed by atoms with Crippen molar-refractivity contribution in [3.05, 3.63) is 48.0 Å². The lowest BCUT2D eigenvalue weighted by Crippen LogP contribution is -2.19. The predicted octanol–water partition coefficient (Wildman–Crippen LogP) is 4.02. The topological polar surface area (TPSA) is 119 Å². The molecule has 1 saturated carbocycles. The standard InChI is InChI=1S/C23H24N2O5S/c1-14(26)23(27)30-21-17-10-5-6-13-19(17)25-20(21)18-12-7-11-16(22(18)31(24,28)29)15-8-3-2-4-9-15/h5-7,10-13,15,25H,2-4,8-9H2,1H3,(H2,24,28,29). The van der Waals surface area contributed by atoms with Crippen LogP contribution in [0, 0.1) is 0 Å². The summed E-state index contributed by atoms with van der Waals surface area (Å²) in [5.74, 6) is -1.57. The summed E-state index contributed by atoms with van der Waals surface area (Å²) < 4.78 is 30.9. The summed E-state index contributed by atoms with van der Waals surface area (Å²) >= 11 is 0. The lowest BCUT2D eigenvalue weighted by Gasteiger charge is -2.25. The van der Waals surface area contributed by atoms with Crippen molar-refractivity contribution >= 4 is 32.7 Å². The number of hydrogen-bond donors (Lipinski definition) is 2. The van der Waals surface area contributed by atoms with Gasteiger partial charge < -0.3 is 9.72 Å². The number of benzene rings is 2. The molecule has 1 aromatic heterocycles. The van der Waals surface area contributed by atoms with Crippen molar-refractivity contribution in [3.63, 3.8) is 0 Å². The maximum atomic E-state index is 12.7. The fourth-order valence-electron chi connectivity index (χ4n) is 4.38. The van der Waals surface area contributed by atoms with Crippen molar-refractivity contribution in [1.82, 2.24) is 4.98 Å². The van der Waals surface area contributed by atoms with Gasteiger partial charge in [0.05, 0.1) is 10.6 Å². The number of aromatic nitrogens is 1. The highest BCUT2D eigenvalue weighted by atomic mass is 32.2. The first-order valence-electron chi connectivity index (χ1n) is 10.3. The van der Waals surface area contributed by atoms with E-state index >= 15 is 0 Å². The molecular formula is C23H24N2O5S. The molecule has 3 N–H and O–H groups in total. The highest BCUT2D eigenvalue weighted by molar-refractivity contribution is 7.89. The van der Waals surface area contributed by atoms with Crippen LogP contribution in [0.25, 0.3) is 22.2 Å². The van der Waals surface area contributed by atoms with Crippen LogP contribution in [-0.2, 0) is 19.6 Å². The Morgan fingerprint density at radius 3 is 2.42 bits per heavy atom. The van der Waals surface area contributed by atoms with Gasteiger partial charge in [-0.3, -0.25) is 4.79 Å². The number of carbonyl (C=O) groups excluding carboxylic acids is 2. The number of sulfonamides is 1. The minimum atomic E-state index is -4.09. The summed E-state index contributed by atoms with van der Waals surface area (Å²) in [6.45, 7) is 1.12. The number of hydrogen-bond acceptors (Lipinski definition) is 5. The molecular weight excluding hydrogens is 416 g/mol. The summed E-state index contributed by atoms with van der Waals surface area (Å²) in [4.78, 5) is 26.8. The maximum Gasteiger partial charge on any atom is 0.379 e. The molecule has 1 fully saturated rings. The number of primary sulfonamides is 1. The van der Waals surface area contributed by atoms with Gasteiger partial charge in [0.2, 0.25) is 15.8 Å². The second-order valence-corrected chi connectivity index (χ2v) is 9.42. The number of ketones is 1. The molecule has 1 heterocycles. The average molecular weight is 441 g/mol. The average Bonchev–Trinajstić information content (AvgIpc) is 3.11. The van der Waals surface area contributed by atoms with Crippen molar-refractivity contribution in [3.8, 4) is 17.0 Å². The Balaban J connectivity index is 1.98. The molecule has 0 aliphatic heterocycles. The minimum Gasteiger partial charge on any atom is -0.418 e. The fourth-order valence-corrected chi connectivity index (χ4v) is 5.42. The number of para-hydroxylation sites is 1. The molecule has 162 valence electrons. The molecule has 7 nitrogen and oxygen atoms in total. The van der Waals surface area contributed by atoms with E-state index < -0.39 is 21.8 Å². The van der Waals surface area contributed by atoms with Crippen LogP contribution in [0.2, 0.25) is 0 Å². The zero-order valence-corrected chi connectivity index (χ0v) is 18.0. The van der Waals surface area contributed by atoms with Crippen molar-refractivity contribution in [2.75, 3.05) is 0 Å². The van der Waals surface area contributed by atoms with E-state index in [1.165, 1.54) is 0 Å². The van der Waals surface area contributed by atoms with Crippen molar-refractivity contribution in [1.29, 1.82) is 0 Å². The molecule has 8 heteroatoms. The quantitative estimate of drug-likeness (QED) is 0.459. The maximum absolute atomic E-state index is 12.7. The van der Waals surface area contributed by atoms with Gasteiger partial charge in [-0.05, 0) is 36.5 Å². The highest BCUT2D eigenvalue weighted by Crippen LogP contribution is 2.43. The minimum absolute atomic E-state index is 0.0357. The monoisotopic (exact) mass is 440 g/mol. The Kier molecular flexibility index (Phi) is 5.68. The van der Waals surface area contributed by atoms with Gasteiger partial charge in [0.25, 0.3) is 0 Å². The highest BCUT2D eigenvalue weighted by Gasteiger charge is 2.29. The lowest BCUT2D eigenvalue weighted by atomic mass is 9.83. The number of carbonyl (C=O) groups is 2. The van der Waals surface area contributed by atoms with Gasteiger partial charge >= 0.3 is 5.97 Å². The SMILES string of the molecule is CC(=O)C(=O)Oc1c(-c2cccc(C3CCCCC3)c2S(N)(=O)=O)[nH]c2ccccc12. The van der Waals surface area contributed by atoms with Crippen LogP contribution in [-0.4, -0.2) is 25.2 Å². The van der Waals surface area contributed by atoms with Gasteiger partial charge in [0.1, 0.15) is 0 Å². The van der Waals surface area contributed by atoms with E-state index in [4.69, 9.17) is 9.88 Å². The first-order valence-corrected chi connectivity index (χ1v) is 11.8. The van der Waals surface area contributed by atoms with E-state index in [-0.39, 0.29) is 16.6 Å². The molecule has 0 spiro atoms. The van der Waals surface area contributed by atoms with Crippen LogP contribution in [0.5, 0.6) is 5.75 Å². The second-order valence-electron chi connectivity index (χ2n) is 7.92. The molecule has 0 saturated heterocycles. The number of Topliss-reactive ketones (excluding diaryl/α,β-unsaturated/α-hetero) is 1. The molecule has 0 radical (unpaired) electrons. The second kappa shape index (κ2) is 8.28. The van der Waals surface area contributed by atoms with Gasteiger partial charge in [0.15, 0.2) is 5.75 Å². The molecule has 0 atom stereocenters. The summed E-state index contributed by atoms with van der Waals surface area (Å²) in [7, 11) is -4.09. The summed E-state index contributed by atoms with van der Waals surface area (Å²) in [5.41, 5.74) is 1.96. The molecule has 0 unspecified atom stereocenters. The molecule has 0 bridgehead atoms. The summed E-state index contributed by atoms with van der Waals surface area (Å²) in [6.07, 6.45) is 4.99. The summed E-state index contributed by atoms with van der Waals surface area (Å²) in [5, 5.41) is 6.26. The Morgan fingerprint density at radius 1 is 1.03 bits per heavy atom. The van der Waals surface area contributed by atoms with E-state index in [1.807, 2.05) is 6.07 Å². The largest absolute Gasteiger partial charge is 0.418 e. The van der Waals surface area contributed by atoms with Crippen molar-refractivity contribution in [2.24, 2.45) is 5.14 Å². The number of esters is 1. The van der Waals surface area contributed by atoms with Crippen LogP contribution < -0.4 is 9.88 Å². The molecule has 1 aliphatic carbocycles. The summed E-state index contributed by atoms with van der Waals surface area (Å²) in [6, 6.07) is 12.3. The van der Waals surface area contributed by atoms with Crippen LogP contribution in [0.3, 0.4) is 0 Å². The van der Waals surface area contributed by atoms with Gasteiger partial charge in [-0.25, -0.2) is 18.4 Å². The smallest absolute Gasteiger partial charge is 0.379 e. The van der Waals surface area contributed by atoms with Crippen LogP contribution >= 0.6 is 0 Å². The molecule has 1 aliphatic rings. The number of ether oxygens (including phenoxy) is 1. The van der Waals surface area contributed by atoms with Crippen molar-refractivity contribution < 1.29 is 22.7 Å². The van der Waals surface area contributed by atoms with E-state index in [0.29, 0.717) is 27.7 Å². The van der Waals surface area contributed by atoms with Crippen LogP contribution in [0.4, 0.5) is 0 Å². The van der Waals surface area contributed by atoms with Crippen LogP contribution in [0.15, 0.2) is 47.4 Å². The molecule has 2 aromatic carbocycles. The van der Waals surface area contributed by atoms with E-state index in [0.717, 1.165) is 39.0 Å². The zero-order valence-electron chi connectivity index (χ0n) is 17.2. The Bertz CT molecular complexity index is 1270. The first-order chi connectivity index (χ1) is 14.8. The van der Waals surface area contributed by atoms with E-state index in [9.17, 15) is 18.0 Å². The number of nitrogens with one attached hydrogen (secondary N) is 1. The number of aromatic amines is 1. The third-order valence-corrected chi connectivity index (χ3v) is 6.81. The third kappa shape index (κ3) is 4.13.